The van der Waals surface area contributed by atoms with Gasteiger partial charge in [-0.15, -0.1) is 40.5 Å². The lowest BCUT2D eigenvalue weighted by Gasteiger charge is -2.27. The number of benzene rings is 8. The maximum absolute atomic E-state index is 14.0. The Morgan fingerprint density at radius 1 is 0.722 bits per heavy atom. The molecule has 7 fully saturated rings. The van der Waals surface area contributed by atoms with Crippen molar-refractivity contribution in [2.24, 2.45) is 22.5 Å². The summed E-state index contributed by atoms with van der Waals surface area (Å²) in [6.45, 7) is 9.59. The number of amides is 1. The van der Waals surface area contributed by atoms with Gasteiger partial charge in [0.25, 0.3) is 5.91 Å². The van der Waals surface area contributed by atoms with E-state index in [0.29, 0.717) is 78.2 Å². The number of carbonyl (C=O) groups is 1. The summed E-state index contributed by atoms with van der Waals surface area (Å²) in [5.74, 6) is 3.92. The third-order valence-corrected chi connectivity index (χ3v) is 22.1. The number of morpholine rings is 1. The number of aromatic hydroxyl groups is 1. The number of hydrogen-bond donors (Lipinski definition) is 7. The maximum atomic E-state index is 14.0. The van der Waals surface area contributed by atoms with Crippen LogP contribution in [0.3, 0.4) is 0 Å². The number of phenols is 1. The highest BCUT2D eigenvalue weighted by atomic mass is 35.5. The van der Waals surface area contributed by atoms with E-state index in [9.17, 15) is 27.1 Å². The van der Waals surface area contributed by atoms with Crippen LogP contribution in [0.15, 0.2) is 216 Å². The molecule has 9 atom stereocenters. The number of sulfonamides is 1. The molecule has 2 saturated heterocycles. The highest BCUT2D eigenvalue weighted by Crippen LogP contribution is 2.51. The third kappa shape index (κ3) is 28.3. The second kappa shape index (κ2) is 45.2. The molecule has 7 aliphatic rings. The lowest BCUT2D eigenvalue weighted by molar-refractivity contribution is 0.0730. The molecular formula is C86H109Cl3F2N9O6PS. The number of nitrogens with zero attached hydrogens (tertiary/aromatic N) is 3. The molecule has 1 amide bonds. The number of rotatable bonds is 19. The van der Waals surface area contributed by atoms with Crippen LogP contribution in [0.1, 0.15) is 152 Å². The molecule has 0 bridgehead atoms. The molecule has 22 heteroatoms. The topological polar surface area (TPSA) is 209 Å². The van der Waals surface area contributed by atoms with Gasteiger partial charge in [-0.25, -0.2) is 22.6 Å². The quantitative estimate of drug-likeness (QED) is 0.0175. The molecule has 2 aliphatic heterocycles. The van der Waals surface area contributed by atoms with Crippen molar-refractivity contribution in [2.45, 2.75) is 156 Å². The minimum Gasteiger partial charge on any atom is -0.507 e. The molecule has 4 unspecified atom stereocenters. The first kappa shape index (κ1) is 86.4. The van der Waals surface area contributed by atoms with Crippen molar-refractivity contribution >= 4 is 67.3 Å². The summed E-state index contributed by atoms with van der Waals surface area (Å²) >= 11 is 5.92. The number of piperidine rings is 1. The minimum absolute atomic E-state index is 0. The molecule has 15 nitrogen and oxygen atoms in total. The SMILES string of the molecule is C#CCN(C)Cc1ccccc1.C/C(=N\NC(=O)c1cccc(S(=O)(=O)N2CCOCC2)c1)c1cc(Cl)ccc1O.CC1CC1c1cc(F)cc(F)c1OCc1ccccc1.Cl.Cl.NC1CCC(N[C@@H]2CC2c2ccccc2)CC1.N[C@@H]1C[C@H]1c1ccccc1.[3H]CP.c1ccc([C@@H]2C[C@H]2NC2CCNCC2)cc1. The number of halogens is 5. The Kier molecular flexibility index (Phi) is 36.2. The van der Waals surface area contributed by atoms with Gasteiger partial charge in [0.15, 0.2) is 11.6 Å². The predicted octanol–water partition coefficient (Wildman–Crippen LogP) is 15.8. The Morgan fingerprint density at radius 3 is 1.75 bits per heavy atom. The first-order chi connectivity index (χ1) is 51.8. The van der Waals surface area contributed by atoms with E-state index in [1.165, 1.54) is 146 Å². The Labute approximate surface area is 661 Å². The minimum atomic E-state index is -3.71. The van der Waals surface area contributed by atoms with E-state index >= 15 is 0 Å². The molecule has 0 radical (unpaired) electrons. The second-order valence-electron chi connectivity index (χ2n) is 28.2. The smallest absolute Gasteiger partial charge is 0.271 e. The summed E-state index contributed by atoms with van der Waals surface area (Å²) in [6, 6.07) is 68.5. The molecule has 8 aromatic carbocycles. The van der Waals surface area contributed by atoms with Crippen molar-refractivity contribution < 1.29 is 37.9 Å². The fourth-order valence-electron chi connectivity index (χ4n) is 13.5. The monoisotopic (exact) mass is 1570 g/mol. The van der Waals surface area contributed by atoms with Crippen molar-refractivity contribution in [1.29, 1.82) is 0 Å². The zero-order valence-corrected chi connectivity index (χ0v) is 66.5. The van der Waals surface area contributed by atoms with Gasteiger partial charge >= 0.3 is 0 Å². The van der Waals surface area contributed by atoms with Crippen molar-refractivity contribution in [1.82, 2.24) is 30.6 Å². The van der Waals surface area contributed by atoms with Crippen LogP contribution >= 0.6 is 45.7 Å². The molecule has 108 heavy (non-hydrogen) atoms. The maximum Gasteiger partial charge on any atom is 0.271 e. The molecule has 0 aromatic heterocycles. The van der Waals surface area contributed by atoms with Crippen LogP contribution in [0, 0.1) is 29.9 Å². The Bertz CT molecular complexity index is 4200. The molecule has 580 valence electrons. The molecule has 5 saturated carbocycles. The van der Waals surface area contributed by atoms with Crippen LogP contribution in [-0.4, -0.2) is 130 Å². The number of hydrogen-bond acceptors (Lipinski definition) is 13. The van der Waals surface area contributed by atoms with Gasteiger partial charge in [0.05, 0.1) is 30.4 Å². The lowest BCUT2D eigenvalue weighted by Crippen LogP contribution is -2.41. The predicted molar refractivity (Wildman–Crippen MR) is 444 cm³/mol. The van der Waals surface area contributed by atoms with Crippen LogP contribution in [0.5, 0.6) is 11.5 Å². The van der Waals surface area contributed by atoms with Gasteiger partial charge in [-0.3, -0.25) is 9.69 Å². The zero-order valence-electron chi connectivity index (χ0n) is 63.1. The fourth-order valence-corrected chi connectivity index (χ4v) is 15.1. The fraction of sp³-hybridized carbons (Fsp3) is 0.395. The number of nitrogens with one attached hydrogen (secondary N) is 4. The number of carbonyl (C=O) groups excluding carboxylic acids is 1. The summed E-state index contributed by atoms with van der Waals surface area (Å²) in [6.07, 6.45) is 17.5. The van der Waals surface area contributed by atoms with E-state index in [4.69, 9.17) is 40.3 Å². The van der Waals surface area contributed by atoms with Crippen LogP contribution in [-0.2, 0) is 27.9 Å². The summed E-state index contributed by atoms with van der Waals surface area (Å²) in [5, 5.41) is 25.3. The Hall–Kier alpha value is -7.15. The summed E-state index contributed by atoms with van der Waals surface area (Å²) in [5.41, 5.74) is 22.2. The van der Waals surface area contributed by atoms with Gasteiger partial charge in [-0.05, 0) is 173 Å². The van der Waals surface area contributed by atoms with Crippen molar-refractivity contribution in [3.63, 3.8) is 0 Å². The van der Waals surface area contributed by atoms with Crippen molar-refractivity contribution in [3.05, 3.63) is 267 Å². The Balaban J connectivity index is 0.000000185. The molecule has 0 spiro atoms. The van der Waals surface area contributed by atoms with E-state index in [2.05, 4.69) is 151 Å². The van der Waals surface area contributed by atoms with Gasteiger partial charge in [0.2, 0.25) is 10.0 Å². The molecule has 8 aromatic rings. The van der Waals surface area contributed by atoms with E-state index < -0.39 is 27.6 Å². The first-order valence-electron chi connectivity index (χ1n) is 37.7. The van der Waals surface area contributed by atoms with Crippen molar-refractivity contribution in [2.75, 3.05) is 59.6 Å². The van der Waals surface area contributed by atoms with E-state index in [-0.39, 0.29) is 72.4 Å². The summed E-state index contributed by atoms with van der Waals surface area (Å²) in [7, 11) is 0.553. The van der Waals surface area contributed by atoms with Gasteiger partial charge in [0.1, 0.15) is 18.2 Å². The van der Waals surface area contributed by atoms with E-state index in [1.807, 2.05) is 61.6 Å². The second-order valence-corrected chi connectivity index (χ2v) is 30.6. The van der Waals surface area contributed by atoms with E-state index in [0.717, 1.165) is 54.6 Å². The normalized spacial score (nSPS) is 22.4. The average molecular weight is 1570 g/mol. The highest BCUT2D eigenvalue weighted by molar-refractivity contribution is 7.89. The number of terminal acetylenes is 1. The number of ether oxygens (including phenoxy) is 2. The first-order valence-corrected chi connectivity index (χ1v) is 39.7. The summed E-state index contributed by atoms with van der Waals surface area (Å²) in [4.78, 5) is 14.6. The van der Waals surface area contributed by atoms with E-state index in [1.54, 1.807) is 6.92 Å². The molecule has 2 heterocycles. The largest absolute Gasteiger partial charge is 0.507 e. The van der Waals surface area contributed by atoms with Crippen LogP contribution < -0.4 is 37.6 Å². The van der Waals surface area contributed by atoms with Gasteiger partial charge in [-0.1, -0.05) is 189 Å². The number of hydrazone groups is 1. The van der Waals surface area contributed by atoms with Crippen LogP contribution in [0.25, 0.3) is 0 Å². The number of nitrogens with two attached hydrogens (primary N) is 2. The standard InChI is InChI=1S/C19H20ClN3O5S.C17H16F2O.C15H22N2.C14H20N2.C11H13N.C9H11N.CH5P.2ClH/c1-13(17-12-15(20)5-6-18(17)24)21-22-19(25)14-3-2-4-16(11-14)29(26,27)23-7-9-28-10-8-23;1-11-7-14(11)15-8-13(18)9-16(19)17(15)20-10-12-5-3-2-4-6-12;16-12-6-8-13(9-7-12)17-15-10-14(15)11-4-2-1-3-5-11;1-2-4-11(5-3-1)13-10-14(13)16-12-6-8-15-9-7-12;1-3-9-12(2)10-11-7-5-4-6-8-11;10-9-6-8(9)7-4-2-1-3-5-7;1-2;;/h2-6,11-12,24H,7-10H2,1H3,(H,22,25);2-6,8-9,11,14H,7,10H2,1H3;1-5,12-15,17H,6-10,16H2;1-5,12-16H,6-10H2;1,4-8H,9-10H2,2H3;1-5,8-9H,6,10H2;2H2,1H3;2*1H/b21-13+;;;;;;;;/t;;12?,13?,14?,15-;13-,14+;;8-,9+;;;/m..10.0.../s1/i;;;;;;1T;;. The van der Waals surface area contributed by atoms with Gasteiger partial charge < -0.3 is 42.0 Å². The summed E-state index contributed by atoms with van der Waals surface area (Å²) < 4.78 is 71.2. The average Bonchev–Trinajstić information content (AvgIpc) is 1.42. The van der Waals surface area contributed by atoms with Gasteiger partial charge in [-0.2, -0.15) is 9.41 Å². The molecule has 5 aliphatic carbocycles. The van der Waals surface area contributed by atoms with Crippen molar-refractivity contribution in [3.8, 4) is 23.8 Å². The highest BCUT2D eigenvalue weighted by Gasteiger charge is 2.41. The molecular weight excluding hydrogens is 1460 g/mol. The third-order valence-electron chi connectivity index (χ3n) is 19.9. The molecule has 15 rings (SSSR count). The molecule has 9 N–H and O–H groups in total. The Morgan fingerprint density at radius 2 is 1.23 bits per heavy atom. The zero-order chi connectivity index (χ0) is 76.1. The lowest BCUT2D eigenvalue weighted by atomic mass is 9.92. The van der Waals surface area contributed by atoms with Crippen LogP contribution in [0.4, 0.5) is 8.78 Å². The van der Waals surface area contributed by atoms with Gasteiger partial charge in [0, 0.05) is 103 Å². The van der Waals surface area contributed by atoms with Crippen LogP contribution in [0.2, 0.25) is 5.02 Å². The number of phenolic OH excluding ortho intramolecular Hbond substituents is 1.